The van der Waals surface area contributed by atoms with E-state index in [2.05, 4.69) is 0 Å². The lowest BCUT2D eigenvalue weighted by Crippen LogP contribution is -2.16. The second kappa shape index (κ2) is 5.85. The summed E-state index contributed by atoms with van der Waals surface area (Å²) in [5, 5.41) is 24.8. The summed E-state index contributed by atoms with van der Waals surface area (Å²) in [6.45, 7) is 3.12. The maximum atomic E-state index is 11.3. The van der Waals surface area contributed by atoms with Gasteiger partial charge in [0.1, 0.15) is 6.07 Å². The molecule has 0 spiro atoms. The number of nitro groups is 1. The highest BCUT2D eigenvalue weighted by atomic mass is 32.2. The van der Waals surface area contributed by atoms with E-state index in [-0.39, 0.29) is 16.2 Å². The number of nitriles is 1. The molecule has 20 heavy (non-hydrogen) atoms. The van der Waals surface area contributed by atoms with Crippen molar-refractivity contribution in [3.63, 3.8) is 0 Å². The number of nitrogens with two attached hydrogens (primary N) is 1. The molecule has 0 radical (unpaired) electrons. The van der Waals surface area contributed by atoms with Crippen molar-refractivity contribution in [1.29, 1.82) is 5.26 Å². The predicted molar refractivity (Wildman–Crippen MR) is 69.5 cm³/mol. The number of nitrogens with zero attached hydrogens (tertiary/aromatic N) is 2. The molecule has 1 aromatic rings. The number of sulfonamides is 1. The Labute approximate surface area is 116 Å². The lowest BCUT2D eigenvalue weighted by atomic mass is 10.2. The molecule has 1 rings (SSSR count). The van der Waals surface area contributed by atoms with Gasteiger partial charge in [-0.25, -0.2) is 13.6 Å². The SMILES string of the molecule is CCC(C#N)Oc1cc(C)c(S(N)(=O)=O)cc1[N+](=O)[O-]. The summed E-state index contributed by atoms with van der Waals surface area (Å²) in [6.07, 6.45) is -0.516. The summed E-state index contributed by atoms with van der Waals surface area (Å²) >= 11 is 0. The average Bonchev–Trinajstić information content (AvgIpc) is 2.33. The van der Waals surface area contributed by atoms with Crippen LogP contribution in [0.25, 0.3) is 0 Å². The first-order chi connectivity index (χ1) is 9.20. The van der Waals surface area contributed by atoms with Crippen LogP contribution >= 0.6 is 0 Å². The van der Waals surface area contributed by atoms with Crippen LogP contribution in [0, 0.1) is 28.4 Å². The van der Waals surface area contributed by atoms with Crippen molar-refractivity contribution in [1.82, 2.24) is 0 Å². The molecule has 0 amide bonds. The third kappa shape index (κ3) is 3.43. The molecule has 0 saturated heterocycles. The monoisotopic (exact) mass is 299 g/mol. The highest BCUT2D eigenvalue weighted by Crippen LogP contribution is 2.33. The normalized spacial score (nSPS) is 12.5. The molecule has 0 aliphatic rings. The van der Waals surface area contributed by atoms with Crippen molar-refractivity contribution in [2.24, 2.45) is 5.14 Å². The van der Waals surface area contributed by atoms with Gasteiger partial charge in [0.05, 0.1) is 9.82 Å². The summed E-state index contributed by atoms with van der Waals surface area (Å²) < 4.78 is 27.9. The second-order valence-electron chi connectivity index (χ2n) is 4.03. The highest BCUT2D eigenvalue weighted by Gasteiger charge is 2.24. The van der Waals surface area contributed by atoms with Crippen molar-refractivity contribution in [2.75, 3.05) is 0 Å². The number of primary sulfonamides is 1. The van der Waals surface area contributed by atoms with Crippen LogP contribution in [0.3, 0.4) is 0 Å². The Balaban J connectivity index is 3.44. The van der Waals surface area contributed by atoms with E-state index in [0.29, 0.717) is 6.42 Å². The first kappa shape index (κ1) is 15.9. The van der Waals surface area contributed by atoms with Gasteiger partial charge in [0.25, 0.3) is 0 Å². The Morgan fingerprint density at radius 2 is 2.15 bits per heavy atom. The van der Waals surface area contributed by atoms with Crippen LogP contribution in [0.2, 0.25) is 0 Å². The number of rotatable bonds is 5. The molecule has 0 aromatic heterocycles. The standard InChI is InChI=1S/C11H13N3O5S/c1-3-8(6-12)19-10-4-7(2)11(20(13,17)18)5-9(10)14(15)16/h4-5,8H,3H2,1-2H3,(H2,13,17,18). The summed E-state index contributed by atoms with van der Waals surface area (Å²) in [4.78, 5) is 9.85. The fraction of sp³-hybridized carbons (Fsp3) is 0.364. The van der Waals surface area contributed by atoms with Crippen molar-refractivity contribution in [3.05, 3.63) is 27.8 Å². The molecule has 0 heterocycles. The lowest BCUT2D eigenvalue weighted by Gasteiger charge is -2.12. The molecule has 0 saturated carbocycles. The van der Waals surface area contributed by atoms with E-state index in [0.717, 1.165) is 6.07 Å². The highest BCUT2D eigenvalue weighted by molar-refractivity contribution is 7.89. The Morgan fingerprint density at radius 1 is 1.55 bits per heavy atom. The van der Waals surface area contributed by atoms with Gasteiger partial charge in [-0.15, -0.1) is 0 Å². The average molecular weight is 299 g/mol. The Bertz CT molecular complexity index is 678. The van der Waals surface area contributed by atoms with E-state index < -0.39 is 26.7 Å². The van der Waals surface area contributed by atoms with Crippen molar-refractivity contribution in [3.8, 4) is 11.8 Å². The largest absolute Gasteiger partial charge is 0.468 e. The lowest BCUT2D eigenvalue weighted by molar-refractivity contribution is -0.386. The number of benzene rings is 1. The van der Waals surface area contributed by atoms with Crippen molar-refractivity contribution < 1.29 is 18.1 Å². The summed E-state index contributed by atoms with van der Waals surface area (Å²) in [7, 11) is -4.07. The first-order valence-corrected chi connectivity index (χ1v) is 7.13. The van der Waals surface area contributed by atoms with Crippen molar-refractivity contribution >= 4 is 15.7 Å². The van der Waals surface area contributed by atoms with Gasteiger partial charge in [0, 0.05) is 6.07 Å². The Hall–Kier alpha value is -2.18. The molecule has 8 nitrogen and oxygen atoms in total. The minimum Gasteiger partial charge on any atom is -0.468 e. The maximum absolute atomic E-state index is 11.3. The van der Waals surface area contributed by atoms with Crippen LogP contribution in [0.15, 0.2) is 17.0 Å². The fourth-order valence-corrected chi connectivity index (χ4v) is 2.33. The topological polar surface area (TPSA) is 136 Å². The first-order valence-electron chi connectivity index (χ1n) is 5.58. The van der Waals surface area contributed by atoms with E-state index in [1.165, 1.54) is 13.0 Å². The molecule has 0 bridgehead atoms. The Kier molecular flexibility index (Phi) is 4.65. The molecule has 1 atom stereocenters. The third-order valence-electron chi connectivity index (χ3n) is 2.54. The molecule has 0 aliphatic carbocycles. The van der Waals surface area contributed by atoms with Gasteiger partial charge in [-0.2, -0.15) is 5.26 Å². The van der Waals surface area contributed by atoms with Gasteiger partial charge in [-0.05, 0) is 25.0 Å². The van der Waals surface area contributed by atoms with Gasteiger partial charge in [-0.3, -0.25) is 10.1 Å². The van der Waals surface area contributed by atoms with E-state index in [9.17, 15) is 18.5 Å². The minimum absolute atomic E-state index is 0.159. The van der Waals surface area contributed by atoms with Gasteiger partial charge in [0.15, 0.2) is 11.9 Å². The third-order valence-corrected chi connectivity index (χ3v) is 3.60. The van der Waals surface area contributed by atoms with Crippen LogP contribution in [0.1, 0.15) is 18.9 Å². The molecule has 0 fully saturated rings. The number of ether oxygens (including phenoxy) is 1. The molecule has 0 aliphatic heterocycles. The van der Waals surface area contributed by atoms with Crippen LogP contribution in [0.5, 0.6) is 5.75 Å². The molecule has 108 valence electrons. The predicted octanol–water partition coefficient (Wildman–Crippen LogP) is 1.23. The van der Waals surface area contributed by atoms with E-state index in [4.69, 9.17) is 15.1 Å². The van der Waals surface area contributed by atoms with Crippen LogP contribution < -0.4 is 9.88 Å². The molecule has 9 heteroatoms. The van der Waals surface area contributed by atoms with Crippen LogP contribution in [0.4, 0.5) is 5.69 Å². The smallest absolute Gasteiger partial charge is 0.312 e. The van der Waals surface area contributed by atoms with Gasteiger partial charge in [0.2, 0.25) is 10.0 Å². The quantitative estimate of drug-likeness (QED) is 0.641. The number of hydrogen-bond donors (Lipinski definition) is 1. The molecular formula is C11H13N3O5S. The van der Waals surface area contributed by atoms with Gasteiger partial charge < -0.3 is 4.74 Å². The fourth-order valence-electron chi connectivity index (χ4n) is 1.55. The summed E-state index contributed by atoms with van der Waals surface area (Å²) in [6, 6.07) is 3.87. The van der Waals surface area contributed by atoms with Gasteiger partial charge >= 0.3 is 5.69 Å². The minimum atomic E-state index is -4.07. The van der Waals surface area contributed by atoms with E-state index >= 15 is 0 Å². The molecule has 1 unspecified atom stereocenters. The molecular weight excluding hydrogens is 286 g/mol. The summed E-state index contributed by atoms with van der Waals surface area (Å²) in [5.74, 6) is -0.159. The van der Waals surface area contributed by atoms with Crippen LogP contribution in [-0.2, 0) is 10.0 Å². The molecule has 2 N–H and O–H groups in total. The number of nitro benzene ring substituents is 1. The second-order valence-corrected chi connectivity index (χ2v) is 5.56. The maximum Gasteiger partial charge on any atom is 0.312 e. The molecule has 1 aromatic carbocycles. The van der Waals surface area contributed by atoms with E-state index in [1.54, 1.807) is 6.92 Å². The summed E-state index contributed by atoms with van der Waals surface area (Å²) in [5.41, 5.74) is -0.339. The van der Waals surface area contributed by atoms with Crippen molar-refractivity contribution in [2.45, 2.75) is 31.3 Å². The van der Waals surface area contributed by atoms with E-state index in [1.807, 2.05) is 6.07 Å². The zero-order chi connectivity index (χ0) is 15.5. The zero-order valence-corrected chi connectivity index (χ0v) is 11.7. The zero-order valence-electron chi connectivity index (χ0n) is 10.9. The van der Waals surface area contributed by atoms with Crippen LogP contribution in [-0.4, -0.2) is 19.4 Å². The number of aryl methyl sites for hydroxylation is 1. The van der Waals surface area contributed by atoms with Gasteiger partial charge in [-0.1, -0.05) is 6.92 Å². The number of hydrogen-bond acceptors (Lipinski definition) is 6. The Morgan fingerprint density at radius 3 is 2.55 bits per heavy atom.